The first kappa shape index (κ1) is 24.0. The largest absolute Gasteiger partial charge is 0.470 e. The van der Waals surface area contributed by atoms with Gasteiger partial charge in [-0.25, -0.2) is 13.8 Å². The molecule has 0 unspecified atom stereocenters. The lowest BCUT2D eigenvalue weighted by atomic mass is 9.96. The number of nitrogens with zero attached hydrogens (tertiary/aromatic N) is 2. The highest BCUT2D eigenvalue weighted by atomic mass is 19.1. The Bertz CT molecular complexity index is 1370. The van der Waals surface area contributed by atoms with E-state index in [1.165, 1.54) is 23.1 Å². The van der Waals surface area contributed by atoms with E-state index in [0.29, 0.717) is 35.4 Å². The average molecular weight is 513 g/mol. The summed E-state index contributed by atoms with van der Waals surface area (Å²) in [5.41, 5.74) is 2.16. The summed E-state index contributed by atoms with van der Waals surface area (Å²) in [6.07, 6.45) is 0.300. The molecular weight excluding hydrogens is 488 g/mol. The van der Waals surface area contributed by atoms with Gasteiger partial charge in [0, 0.05) is 19.2 Å². The summed E-state index contributed by atoms with van der Waals surface area (Å²) in [5, 5.41) is 18.9. The average Bonchev–Trinajstić information content (AvgIpc) is 3.59. The number of benzene rings is 1. The van der Waals surface area contributed by atoms with Crippen LogP contribution in [0.1, 0.15) is 12.0 Å². The SMILES string of the molecule is O=C(CO)N1CC=C(c2cc(F)c(-c3ccc4[nH]c(O[C@@H]5CO[C@H]6[C@@H]5OC[C@H]6O)cc4n3)c(F)c2)CC1. The van der Waals surface area contributed by atoms with Crippen LogP contribution in [0.5, 0.6) is 5.88 Å². The maximum Gasteiger partial charge on any atom is 0.248 e. The number of rotatable bonds is 5. The van der Waals surface area contributed by atoms with Gasteiger partial charge in [-0.1, -0.05) is 6.08 Å². The number of fused-ring (bicyclic) bond motifs is 2. The number of carbonyl (C=O) groups is 1. The van der Waals surface area contributed by atoms with Crippen molar-refractivity contribution < 1.29 is 38.0 Å². The van der Waals surface area contributed by atoms with Gasteiger partial charge in [0.05, 0.1) is 35.5 Å². The highest BCUT2D eigenvalue weighted by Gasteiger charge is 2.48. The Hall–Kier alpha value is -3.38. The van der Waals surface area contributed by atoms with E-state index in [1.807, 2.05) is 0 Å². The zero-order chi connectivity index (χ0) is 25.7. The Kier molecular flexibility index (Phi) is 6.15. The topological polar surface area (TPSA) is 117 Å². The van der Waals surface area contributed by atoms with Crippen molar-refractivity contribution >= 4 is 22.5 Å². The second-order valence-corrected chi connectivity index (χ2v) is 9.37. The summed E-state index contributed by atoms with van der Waals surface area (Å²) >= 11 is 0. The van der Waals surface area contributed by atoms with Gasteiger partial charge in [0.15, 0.2) is 12.0 Å². The fourth-order valence-corrected chi connectivity index (χ4v) is 5.16. The van der Waals surface area contributed by atoms with Gasteiger partial charge in [-0.15, -0.1) is 0 Å². The third kappa shape index (κ3) is 4.37. The van der Waals surface area contributed by atoms with E-state index in [2.05, 4.69) is 9.97 Å². The molecule has 1 amide bonds. The highest BCUT2D eigenvalue weighted by Crippen LogP contribution is 2.33. The Morgan fingerprint density at radius 3 is 2.68 bits per heavy atom. The lowest BCUT2D eigenvalue weighted by Crippen LogP contribution is -2.36. The molecule has 9 nitrogen and oxygen atoms in total. The van der Waals surface area contributed by atoms with Crippen molar-refractivity contribution in [3.05, 3.63) is 53.6 Å². The first-order chi connectivity index (χ1) is 17.9. The van der Waals surface area contributed by atoms with Gasteiger partial charge < -0.3 is 34.3 Å². The summed E-state index contributed by atoms with van der Waals surface area (Å²) in [7, 11) is 0. The van der Waals surface area contributed by atoms with Crippen LogP contribution < -0.4 is 4.74 Å². The molecule has 1 aromatic carbocycles. The number of carbonyl (C=O) groups excluding carboxylic acids is 1. The molecule has 0 saturated carbocycles. The normalized spacial score (nSPS) is 25.4. The monoisotopic (exact) mass is 513 g/mol. The van der Waals surface area contributed by atoms with Crippen LogP contribution in [0.3, 0.4) is 0 Å². The van der Waals surface area contributed by atoms with E-state index in [-0.39, 0.29) is 43.0 Å². The number of hydrogen-bond donors (Lipinski definition) is 3. The van der Waals surface area contributed by atoms with Crippen LogP contribution in [-0.4, -0.2) is 88.3 Å². The van der Waals surface area contributed by atoms with Gasteiger partial charge in [0.2, 0.25) is 5.91 Å². The third-order valence-corrected chi connectivity index (χ3v) is 7.08. The molecule has 0 spiro atoms. The molecule has 2 aromatic heterocycles. The Labute approximate surface area is 210 Å². The summed E-state index contributed by atoms with van der Waals surface area (Å²) in [6.45, 7) is 0.545. The summed E-state index contributed by atoms with van der Waals surface area (Å²) in [5.74, 6) is -1.45. The molecule has 4 atom stereocenters. The lowest BCUT2D eigenvalue weighted by Gasteiger charge is -2.26. The van der Waals surface area contributed by atoms with E-state index in [1.54, 1.807) is 18.2 Å². The quantitative estimate of drug-likeness (QED) is 0.478. The number of nitrogens with one attached hydrogen (secondary N) is 1. The third-order valence-electron chi connectivity index (χ3n) is 7.08. The number of halogens is 2. The number of pyridine rings is 1. The lowest BCUT2D eigenvalue weighted by molar-refractivity contribution is -0.133. The van der Waals surface area contributed by atoms with Crippen molar-refractivity contribution in [1.29, 1.82) is 0 Å². The molecule has 3 aliphatic heterocycles. The molecule has 11 heteroatoms. The second kappa shape index (κ2) is 9.49. The number of ether oxygens (including phenoxy) is 3. The molecule has 5 heterocycles. The minimum atomic E-state index is -0.741. The number of aromatic nitrogens is 2. The molecule has 3 N–H and O–H groups in total. The maximum absolute atomic E-state index is 15.2. The maximum atomic E-state index is 15.2. The minimum absolute atomic E-state index is 0.142. The number of aliphatic hydroxyl groups excluding tert-OH is 2. The Morgan fingerprint density at radius 1 is 1.16 bits per heavy atom. The van der Waals surface area contributed by atoms with Crippen molar-refractivity contribution in [3.8, 4) is 17.1 Å². The van der Waals surface area contributed by atoms with Crippen LogP contribution in [0, 0.1) is 11.6 Å². The predicted molar refractivity (Wildman–Crippen MR) is 128 cm³/mol. The van der Waals surface area contributed by atoms with Crippen molar-refractivity contribution in [2.75, 3.05) is 32.9 Å². The van der Waals surface area contributed by atoms with Crippen LogP contribution >= 0.6 is 0 Å². The fourth-order valence-electron chi connectivity index (χ4n) is 5.16. The Balaban J connectivity index is 1.22. The van der Waals surface area contributed by atoms with Crippen LogP contribution in [0.15, 0.2) is 36.4 Å². The summed E-state index contributed by atoms with van der Waals surface area (Å²) in [4.78, 5) is 20.7. The van der Waals surface area contributed by atoms with Crippen molar-refractivity contribution in [2.24, 2.45) is 0 Å². The van der Waals surface area contributed by atoms with Crippen LogP contribution in [0.2, 0.25) is 0 Å². The molecule has 37 heavy (non-hydrogen) atoms. The number of amides is 1. The molecule has 6 rings (SSSR count). The first-order valence-corrected chi connectivity index (χ1v) is 12.1. The van der Waals surface area contributed by atoms with Crippen molar-refractivity contribution in [2.45, 2.75) is 30.8 Å². The van der Waals surface area contributed by atoms with Gasteiger partial charge in [-0.05, 0) is 41.8 Å². The molecular formula is C26H25F2N3O6. The van der Waals surface area contributed by atoms with Gasteiger partial charge in [-0.2, -0.15) is 0 Å². The zero-order valence-electron chi connectivity index (χ0n) is 19.7. The minimum Gasteiger partial charge on any atom is -0.470 e. The fraction of sp³-hybridized carbons (Fsp3) is 0.385. The molecule has 0 aliphatic carbocycles. The molecule has 3 aliphatic rings. The standard InChI is InChI=1S/C26H25F2N3O6/c27-15-7-14(13-3-5-31(6-4-13)23(34)10-32)8-16(28)24(15)18-2-1-17-19(29-18)9-22(30-17)37-21-12-36-25-20(33)11-35-26(21)25/h1-3,7-9,20-21,25-26,30,32-33H,4-6,10-12H2/t20-,21-,25-,26-/m1/s1. The summed E-state index contributed by atoms with van der Waals surface area (Å²) < 4.78 is 47.5. The highest BCUT2D eigenvalue weighted by molar-refractivity contribution is 5.82. The number of aliphatic hydroxyl groups is 2. The van der Waals surface area contributed by atoms with Crippen LogP contribution in [-0.2, 0) is 14.3 Å². The van der Waals surface area contributed by atoms with Crippen LogP contribution in [0.25, 0.3) is 27.9 Å². The zero-order valence-corrected chi connectivity index (χ0v) is 19.7. The summed E-state index contributed by atoms with van der Waals surface area (Å²) in [6, 6.07) is 7.41. The predicted octanol–water partition coefficient (Wildman–Crippen LogP) is 2.02. The first-order valence-electron chi connectivity index (χ1n) is 12.1. The molecule has 2 fully saturated rings. The van der Waals surface area contributed by atoms with E-state index in [0.717, 1.165) is 5.57 Å². The van der Waals surface area contributed by atoms with Gasteiger partial charge >= 0.3 is 0 Å². The van der Waals surface area contributed by atoms with Gasteiger partial charge in [-0.3, -0.25) is 4.79 Å². The van der Waals surface area contributed by atoms with Gasteiger partial charge in [0.1, 0.15) is 36.6 Å². The number of hydrogen-bond acceptors (Lipinski definition) is 7. The van der Waals surface area contributed by atoms with Crippen molar-refractivity contribution in [1.82, 2.24) is 14.9 Å². The van der Waals surface area contributed by atoms with Gasteiger partial charge in [0.25, 0.3) is 0 Å². The smallest absolute Gasteiger partial charge is 0.248 e. The van der Waals surface area contributed by atoms with Crippen molar-refractivity contribution in [3.63, 3.8) is 0 Å². The molecule has 3 aromatic rings. The molecule has 2 saturated heterocycles. The Morgan fingerprint density at radius 2 is 1.95 bits per heavy atom. The van der Waals surface area contributed by atoms with E-state index in [9.17, 15) is 9.90 Å². The van der Waals surface area contributed by atoms with E-state index < -0.39 is 36.6 Å². The molecule has 0 radical (unpaired) electrons. The number of aromatic amines is 1. The molecule has 0 bridgehead atoms. The van der Waals surface area contributed by atoms with E-state index in [4.69, 9.17) is 19.3 Å². The van der Waals surface area contributed by atoms with E-state index >= 15 is 8.78 Å². The second-order valence-electron chi connectivity index (χ2n) is 9.37. The van der Waals surface area contributed by atoms with Crippen LogP contribution in [0.4, 0.5) is 8.78 Å². The molecule has 194 valence electrons. The number of H-pyrrole nitrogens is 1.